The molecule has 4 aromatic rings. The molecule has 0 saturated carbocycles. The summed E-state index contributed by atoms with van der Waals surface area (Å²) in [4.78, 5) is 21.0. The van der Waals surface area contributed by atoms with Gasteiger partial charge in [-0.3, -0.25) is 4.79 Å². The maximum atomic E-state index is 12.0. The summed E-state index contributed by atoms with van der Waals surface area (Å²) in [5, 5.41) is 3.84. The lowest BCUT2D eigenvalue weighted by atomic mass is 10.2. The number of nitrogens with one attached hydrogen (secondary N) is 1. The number of para-hydroxylation sites is 1. The molecule has 2 heterocycles. The van der Waals surface area contributed by atoms with Gasteiger partial charge in [-0.05, 0) is 24.3 Å². The first-order chi connectivity index (χ1) is 13.3. The number of amides is 1. The second-order valence-corrected chi connectivity index (χ2v) is 7.96. The number of benzene rings is 2. The van der Waals surface area contributed by atoms with Gasteiger partial charge in [-0.1, -0.05) is 30.3 Å². The lowest BCUT2D eigenvalue weighted by Crippen LogP contribution is -2.24. The van der Waals surface area contributed by atoms with E-state index >= 15 is 0 Å². The average Bonchev–Trinajstić information content (AvgIpc) is 3.34. The van der Waals surface area contributed by atoms with Crippen LogP contribution >= 0.6 is 23.1 Å². The van der Waals surface area contributed by atoms with Crippen molar-refractivity contribution in [3.63, 3.8) is 0 Å². The molecule has 0 radical (unpaired) electrons. The number of hydrogen-bond donors (Lipinski definition) is 1. The van der Waals surface area contributed by atoms with Gasteiger partial charge in [-0.2, -0.15) is 0 Å². The molecule has 0 saturated heterocycles. The third-order valence-corrected chi connectivity index (χ3v) is 5.83. The van der Waals surface area contributed by atoms with Gasteiger partial charge in [0.25, 0.3) is 0 Å². The van der Waals surface area contributed by atoms with E-state index in [0.717, 1.165) is 26.5 Å². The summed E-state index contributed by atoms with van der Waals surface area (Å²) < 4.78 is 6.65. The SMILES string of the molecule is O=C(CSCc1coc(-c2ccccc2)n1)NCc1nc2ccccc2s1. The maximum absolute atomic E-state index is 12.0. The van der Waals surface area contributed by atoms with Crippen molar-refractivity contribution >= 4 is 39.2 Å². The molecule has 5 nitrogen and oxygen atoms in total. The highest BCUT2D eigenvalue weighted by molar-refractivity contribution is 7.99. The number of rotatable bonds is 7. The molecule has 0 unspecified atom stereocenters. The molecule has 0 aliphatic carbocycles. The Morgan fingerprint density at radius 3 is 2.74 bits per heavy atom. The molecule has 2 aromatic heterocycles. The van der Waals surface area contributed by atoms with Crippen LogP contribution in [-0.4, -0.2) is 21.6 Å². The molecular formula is C20H17N3O2S2. The van der Waals surface area contributed by atoms with Gasteiger partial charge < -0.3 is 9.73 Å². The quantitative estimate of drug-likeness (QED) is 0.499. The number of oxazole rings is 1. The van der Waals surface area contributed by atoms with Crippen LogP contribution in [0.4, 0.5) is 0 Å². The molecule has 27 heavy (non-hydrogen) atoms. The first kappa shape index (κ1) is 17.8. The fraction of sp³-hybridized carbons (Fsp3) is 0.150. The minimum Gasteiger partial charge on any atom is -0.444 e. The van der Waals surface area contributed by atoms with E-state index in [2.05, 4.69) is 15.3 Å². The zero-order valence-electron chi connectivity index (χ0n) is 14.4. The van der Waals surface area contributed by atoms with Crippen LogP contribution in [0.15, 0.2) is 65.3 Å². The second kappa shape index (κ2) is 8.37. The zero-order chi connectivity index (χ0) is 18.5. The minimum atomic E-state index is -0.00830. The van der Waals surface area contributed by atoms with Gasteiger partial charge >= 0.3 is 0 Å². The number of carbonyl (C=O) groups is 1. The fourth-order valence-electron chi connectivity index (χ4n) is 2.56. The zero-order valence-corrected chi connectivity index (χ0v) is 16.1. The number of carbonyl (C=O) groups excluding carboxylic acids is 1. The minimum absolute atomic E-state index is 0.00830. The molecule has 7 heteroatoms. The molecule has 0 aliphatic heterocycles. The van der Waals surface area contributed by atoms with E-state index < -0.39 is 0 Å². The number of nitrogens with zero attached hydrogens (tertiary/aromatic N) is 2. The number of thioether (sulfide) groups is 1. The van der Waals surface area contributed by atoms with Crippen LogP contribution in [0.1, 0.15) is 10.7 Å². The van der Waals surface area contributed by atoms with E-state index in [-0.39, 0.29) is 5.91 Å². The fourth-order valence-corrected chi connectivity index (χ4v) is 4.19. The van der Waals surface area contributed by atoms with E-state index in [0.29, 0.717) is 23.9 Å². The summed E-state index contributed by atoms with van der Waals surface area (Å²) in [5.74, 6) is 1.60. The van der Waals surface area contributed by atoms with Gasteiger partial charge in [0, 0.05) is 11.3 Å². The van der Waals surface area contributed by atoms with Crippen molar-refractivity contribution in [3.05, 3.63) is 71.6 Å². The Balaban J connectivity index is 1.23. The molecule has 0 aliphatic rings. The first-order valence-electron chi connectivity index (χ1n) is 8.46. The van der Waals surface area contributed by atoms with Crippen molar-refractivity contribution in [2.24, 2.45) is 0 Å². The number of hydrogen-bond acceptors (Lipinski definition) is 6. The van der Waals surface area contributed by atoms with Crippen molar-refractivity contribution in [2.75, 3.05) is 5.75 Å². The van der Waals surface area contributed by atoms with Gasteiger partial charge in [0.05, 0.1) is 28.2 Å². The van der Waals surface area contributed by atoms with Gasteiger partial charge in [-0.15, -0.1) is 23.1 Å². The average molecular weight is 396 g/mol. The van der Waals surface area contributed by atoms with E-state index in [4.69, 9.17) is 4.42 Å². The standard InChI is InChI=1S/C20H17N3O2S2/c24-18(21-10-19-23-16-8-4-5-9-17(16)27-19)13-26-12-15-11-25-20(22-15)14-6-2-1-3-7-14/h1-9,11H,10,12-13H2,(H,21,24). The molecule has 0 fully saturated rings. The topological polar surface area (TPSA) is 68.0 Å². The Morgan fingerprint density at radius 1 is 1.07 bits per heavy atom. The second-order valence-electron chi connectivity index (χ2n) is 5.85. The molecule has 1 N–H and O–H groups in total. The van der Waals surface area contributed by atoms with Crippen molar-refractivity contribution < 1.29 is 9.21 Å². The Hall–Kier alpha value is -2.64. The van der Waals surface area contributed by atoms with Crippen LogP contribution in [0.25, 0.3) is 21.7 Å². The van der Waals surface area contributed by atoms with Crippen molar-refractivity contribution in [1.82, 2.24) is 15.3 Å². The third-order valence-electron chi connectivity index (χ3n) is 3.83. The Labute approximate surface area is 164 Å². The van der Waals surface area contributed by atoms with Crippen LogP contribution in [0, 0.1) is 0 Å². The molecule has 0 spiro atoms. The Bertz CT molecular complexity index is 1010. The van der Waals surface area contributed by atoms with Gasteiger partial charge in [0.1, 0.15) is 11.3 Å². The highest BCUT2D eigenvalue weighted by atomic mass is 32.2. The largest absolute Gasteiger partial charge is 0.444 e. The monoisotopic (exact) mass is 395 g/mol. The van der Waals surface area contributed by atoms with Crippen LogP contribution in [0.5, 0.6) is 0 Å². The van der Waals surface area contributed by atoms with E-state index in [1.165, 1.54) is 11.8 Å². The van der Waals surface area contributed by atoms with Gasteiger partial charge in [-0.25, -0.2) is 9.97 Å². The van der Waals surface area contributed by atoms with Crippen LogP contribution < -0.4 is 5.32 Å². The summed E-state index contributed by atoms with van der Waals surface area (Å²) in [6, 6.07) is 17.7. The first-order valence-corrected chi connectivity index (χ1v) is 10.4. The predicted octanol–water partition coefficient (Wildman–Crippen LogP) is 4.50. The summed E-state index contributed by atoms with van der Waals surface area (Å²) >= 11 is 3.12. The number of thiazole rings is 1. The lowest BCUT2D eigenvalue weighted by molar-refractivity contribution is -0.118. The van der Waals surface area contributed by atoms with E-state index in [1.54, 1.807) is 17.6 Å². The lowest BCUT2D eigenvalue weighted by Gasteiger charge is -2.02. The molecule has 0 bridgehead atoms. The number of aromatic nitrogens is 2. The molecular weight excluding hydrogens is 378 g/mol. The Morgan fingerprint density at radius 2 is 1.89 bits per heavy atom. The van der Waals surface area contributed by atoms with Crippen molar-refractivity contribution in [3.8, 4) is 11.5 Å². The van der Waals surface area contributed by atoms with Crippen LogP contribution in [0.2, 0.25) is 0 Å². The van der Waals surface area contributed by atoms with Crippen molar-refractivity contribution in [2.45, 2.75) is 12.3 Å². The normalized spacial score (nSPS) is 11.0. The summed E-state index contributed by atoms with van der Waals surface area (Å²) in [5.41, 5.74) is 2.75. The van der Waals surface area contributed by atoms with E-state index in [9.17, 15) is 4.79 Å². The third kappa shape index (κ3) is 4.56. The summed E-state index contributed by atoms with van der Waals surface area (Å²) in [6.45, 7) is 0.459. The molecule has 4 rings (SSSR count). The number of fused-ring (bicyclic) bond motifs is 1. The highest BCUT2D eigenvalue weighted by Gasteiger charge is 2.09. The molecule has 2 aromatic carbocycles. The molecule has 1 amide bonds. The summed E-state index contributed by atoms with van der Waals surface area (Å²) in [6.07, 6.45) is 1.65. The summed E-state index contributed by atoms with van der Waals surface area (Å²) in [7, 11) is 0. The van der Waals surface area contributed by atoms with Gasteiger partial charge in [0.2, 0.25) is 11.8 Å². The smallest absolute Gasteiger partial charge is 0.230 e. The predicted molar refractivity (Wildman–Crippen MR) is 110 cm³/mol. The van der Waals surface area contributed by atoms with Crippen LogP contribution in [0.3, 0.4) is 0 Å². The molecule has 136 valence electrons. The molecule has 0 atom stereocenters. The van der Waals surface area contributed by atoms with E-state index in [1.807, 2.05) is 54.6 Å². The Kier molecular flexibility index (Phi) is 5.50. The van der Waals surface area contributed by atoms with Crippen molar-refractivity contribution in [1.29, 1.82) is 0 Å². The highest BCUT2D eigenvalue weighted by Crippen LogP contribution is 2.22. The van der Waals surface area contributed by atoms with Crippen LogP contribution in [-0.2, 0) is 17.1 Å². The maximum Gasteiger partial charge on any atom is 0.230 e. The van der Waals surface area contributed by atoms with Gasteiger partial charge in [0.15, 0.2) is 0 Å².